The second-order valence-electron chi connectivity index (χ2n) is 7.94. The Bertz CT molecular complexity index is 1390. The van der Waals surface area contributed by atoms with Gasteiger partial charge in [0.1, 0.15) is 0 Å². The van der Waals surface area contributed by atoms with Gasteiger partial charge in [-0.2, -0.15) is 4.72 Å². The summed E-state index contributed by atoms with van der Waals surface area (Å²) in [4.78, 5) is 12.3. The van der Waals surface area contributed by atoms with Crippen molar-refractivity contribution in [1.29, 1.82) is 0 Å². The van der Waals surface area contributed by atoms with Crippen LogP contribution < -0.4 is 9.46 Å². The number of fused-ring (bicyclic) bond motifs is 1. The average molecular weight is 450 g/mol. The van der Waals surface area contributed by atoms with Crippen molar-refractivity contribution in [3.05, 3.63) is 89.5 Å². The summed E-state index contributed by atoms with van der Waals surface area (Å²) in [5.41, 5.74) is -0.105. The van der Waals surface area contributed by atoms with Crippen LogP contribution in [0.3, 0.4) is 0 Å². The Kier molecular flexibility index (Phi) is 5.40. The van der Waals surface area contributed by atoms with E-state index in [4.69, 9.17) is 4.74 Å². The lowest BCUT2D eigenvalue weighted by atomic mass is 9.93. The largest absolute Gasteiger partial charge is 0.504 e. The highest BCUT2D eigenvalue weighted by Crippen LogP contribution is 2.37. The van der Waals surface area contributed by atoms with Gasteiger partial charge < -0.3 is 9.84 Å². The molecule has 1 aliphatic rings. The number of rotatable bonds is 5. The van der Waals surface area contributed by atoms with Crippen LogP contribution in [0.2, 0.25) is 0 Å². The number of sulfonamides is 1. The zero-order valence-electron chi connectivity index (χ0n) is 17.9. The van der Waals surface area contributed by atoms with Gasteiger partial charge in [0.05, 0.1) is 4.90 Å². The van der Waals surface area contributed by atoms with Crippen LogP contribution in [0.15, 0.2) is 88.9 Å². The molecule has 3 aromatic carbocycles. The summed E-state index contributed by atoms with van der Waals surface area (Å²) in [7, 11) is -4.04. The Labute approximate surface area is 186 Å². The van der Waals surface area contributed by atoms with E-state index in [1.54, 1.807) is 38.1 Å². The number of aromatic hydroxyl groups is 1. The molecule has 0 saturated heterocycles. The highest BCUT2D eigenvalue weighted by Gasteiger charge is 2.41. The number of aryl methyl sites for hydroxylation is 1. The van der Waals surface area contributed by atoms with Crippen LogP contribution in [-0.2, 0) is 14.8 Å². The molecular formula is C25H23NO5S. The quantitative estimate of drug-likeness (QED) is 0.564. The number of hydrogen-bond donors (Lipinski definition) is 2. The van der Waals surface area contributed by atoms with Crippen LogP contribution in [0, 0.1) is 6.92 Å². The maximum Gasteiger partial charge on any atom is 0.244 e. The maximum atomic E-state index is 13.2. The molecule has 6 nitrogen and oxygen atoms in total. The van der Waals surface area contributed by atoms with Crippen molar-refractivity contribution in [1.82, 2.24) is 4.72 Å². The number of allylic oxidation sites excluding steroid dienone is 2. The lowest BCUT2D eigenvalue weighted by Gasteiger charge is -2.35. The molecule has 0 saturated carbocycles. The zero-order valence-corrected chi connectivity index (χ0v) is 18.7. The highest BCUT2D eigenvalue weighted by molar-refractivity contribution is 7.89. The molecule has 0 heterocycles. The molecule has 3 aromatic rings. The second kappa shape index (κ2) is 7.93. The number of benzene rings is 3. The molecule has 7 heteroatoms. The van der Waals surface area contributed by atoms with Crippen LogP contribution in [0.1, 0.15) is 19.4 Å². The first-order valence-electron chi connectivity index (χ1n) is 10.0. The third kappa shape index (κ3) is 4.04. The summed E-state index contributed by atoms with van der Waals surface area (Å²) in [6.07, 6.45) is 2.77. The van der Waals surface area contributed by atoms with Gasteiger partial charge in [-0.1, -0.05) is 42.0 Å². The normalized spacial score (nSPS) is 18.9. The monoisotopic (exact) mass is 449 g/mol. The molecule has 0 bridgehead atoms. The maximum absolute atomic E-state index is 13.2. The van der Waals surface area contributed by atoms with Crippen LogP contribution >= 0.6 is 0 Å². The van der Waals surface area contributed by atoms with Crippen molar-refractivity contribution >= 4 is 26.6 Å². The van der Waals surface area contributed by atoms with Gasteiger partial charge in [0, 0.05) is 0 Å². The summed E-state index contributed by atoms with van der Waals surface area (Å²) >= 11 is 0. The lowest BCUT2D eigenvalue weighted by molar-refractivity contribution is -0.111. The van der Waals surface area contributed by atoms with E-state index in [2.05, 4.69) is 4.72 Å². The Morgan fingerprint density at radius 1 is 0.938 bits per heavy atom. The molecule has 2 N–H and O–H groups in total. The number of hydrogen-bond acceptors (Lipinski definition) is 5. The molecule has 4 rings (SSSR count). The van der Waals surface area contributed by atoms with E-state index in [1.807, 2.05) is 31.2 Å². The molecule has 164 valence electrons. The zero-order chi connectivity index (χ0) is 23.1. The van der Waals surface area contributed by atoms with E-state index in [0.717, 1.165) is 16.3 Å². The van der Waals surface area contributed by atoms with E-state index in [-0.39, 0.29) is 22.2 Å². The Morgan fingerprint density at radius 2 is 1.56 bits per heavy atom. The molecular weight excluding hydrogens is 426 g/mol. The van der Waals surface area contributed by atoms with Crippen LogP contribution in [0.4, 0.5) is 0 Å². The smallest absolute Gasteiger partial charge is 0.244 e. The third-order valence-corrected chi connectivity index (χ3v) is 6.92. The number of carbonyl (C=O) groups excluding carboxylic acids is 1. The fraction of sp³-hybridized carbons (Fsp3) is 0.160. The second-order valence-corrected chi connectivity index (χ2v) is 9.62. The molecule has 0 unspecified atom stereocenters. The Morgan fingerprint density at radius 3 is 2.22 bits per heavy atom. The van der Waals surface area contributed by atoms with Crippen LogP contribution in [0.5, 0.6) is 11.5 Å². The molecule has 0 aliphatic heterocycles. The predicted molar refractivity (Wildman–Crippen MR) is 123 cm³/mol. The van der Waals surface area contributed by atoms with E-state index in [0.29, 0.717) is 11.1 Å². The number of phenolic OH excluding ortho intramolecular Hbond substituents is 1. The number of phenols is 1. The van der Waals surface area contributed by atoms with Crippen LogP contribution in [-0.4, -0.2) is 25.0 Å². The lowest BCUT2D eigenvalue weighted by Crippen LogP contribution is -2.54. The molecule has 32 heavy (non-hydrogen) atoms. The topological polar surface area (TPSA) is 92.7 Å². The van der Waals surface area contributed by atoms with Gasteiger partial charge in [0.25, 0.3) is 0 Å². The molecule has 0 amide bonds. The van der Waals surface area contributed by atoms with Crippen molar-refractivity contribution in [3.63, 3.8) is 0 Å². The minimum absolute atomic E-state index is 0.0598. The number of carbonyl (C=O) groups is 1. The fourth-order valence-electron chi connectivity index (χ4n) is 3.59. The molecule has 1 aliphatic carbocycles. The highest BCUT2D eigenvalue weighted by atomic mass is 32.2. The SMILES string of the molecule is CC1=C[C@@](NS(=O)(=O)c2ccc(C)cc2)(Oc2cc3ccccc3cc2O)C(C)=CC1=O. The molecule has 0 aromatic heterocycles. The van der Waals surface area contributed by atoms with Gasteiger partial charge in [-0.25, -0.2) is 8.42 Å². The Hall–Kier alpha value is -3.42. The van der Waals surface area contributed by atoms with Crippen molar-refractivity contribution in [3.8, 4) is 11.5 Å². The minimum atomic E-state index is -4.04. The molecule has 0 spiro atoms. The molecule has 1 atom stereocenters. The van der Waals surface area contributed by atoms with Crippen LogP contribution in [0.25, 0.3) is 10.8 Å². The van der Waals surface area contributed by atoms with Gasteiger partial charge >= 0.3 is 0 Å². The summed E-state index contributed by atoms with van der Waals surface area (Å²) in [5, 5.41) is 12.2. The van der Waals surface area contributed by atoms with Crippen molar-refractivity contribution in [2.75, 3.05) is 0 Å². The minimum Gasteiger partial charge on any atom is -0.504 e. The summed E-state index contributed by atoms with van der Waals surface area (Å²) in [6, 6.07) is 17.0. The van der Waals surface area contributed by atoms with E-state index >= 15 is 0 Å². The first-order valence-corrected chi connectivity index (χ1v) is 11.5. The third-order valence-electron chi connectivity index (χ3n) is 5.46. The van der Waals surface area contributed by atoms with Gasteiger partial charge in [-0.05, 0) is 79.1 Å². The van der Waals surface area contributed by atoms with E-state index in [9.17, 15) is 18.3 Å². The van der Waals surface area contributed by atoms with Gasteiger partial charge in [-0.15, -0.1) is 0 Å². The standard InChI is InChI=1S/C25H23NO5S/c1-16-8-10-21(11-9-16)32(29,30)26-25(15-17(2)22(27)12-18(25)3)31-24-14-20-7-5-4-6-19(20)13-23(24)28/h4-15,26,28H,1-3H3/t25-/m1/s1. The van der Waals surface area contributed by atoms with E-state index in [1.165, 1.54) is 24.3 Å². The molecule has 0 radical (unpaired) electrons. The first-order chi connectivity index (χ1) is 15.1. The summed E-state index contributed by atoms with van der Waals surface area (Å²) < 4.78 is 35.3. The molecule has 0 fully saturated rings. The average Bonchev–Trinajstić information content (AvgIpc) is 2.73. The first kappa shape index (κ1) is 21.8. The fourth-order valence-corrected chi connectivity index (χ4v) is 4.86. The van der Waals surface area contributed by atoms with Gasteiger partial charge in [-0.3, -0.25) is 4.79 Å². The van der Waals surface area contributed by atoms with Gasteiger partial charge in [0.15, 0.2) is 17.3 Å². The van der Waals surface area contributed by atoms with Crippen molar-refractivity contribution in [2.45, 2.75) is 31.4 Å². The van der Waals surface area contributed by atoms with Gasteiger partial charge in [0.2, 0.25) is 15.7 Å². The van der Waals surface area contributed by atoms with Crippen molar-refractivity contribution < 1.29 is 23.1 Å². The summed E-state index contributed by atoms with van der Waals surface area (Å²) in [6.45, 7) is 5.06. The number of ether oxygens (including phenoxy) is 1. The number of nitrogens with one attached hydrogen (secondary N) is 1. The van der Waals surface area contributed by atoms with E-state index < -0.39 is 15.7 Å². The number of ketones is 1. The summed E-state index contributed by atoms with van der Waals surface area (Å²) in [5.74, 6) is -0.297. The Balaban J connectivity index is 1.83. The van der Waals surface area contributed by atoms with Crippen molar-refractivity contribution in [2.24, 2.45) is 0 Å². The predicted octanol–water partition coefficient (Wildman–Crippen LogP) is 4.38.